The van der Waals surface area contributed by atoms with E-state index in [2.05, 4.69) is 4.98 Å². The standard InChI is InChI=1S/C26H18F2N2O3/c27-16-11-9-15(10-12-16)14-30-23(18-6-1-3-7-20(18)28)22(25(32)26(30)33)24(31)19-13-29-21-8-4-2-5-17(19)21/h1-13,23,29,31H,14H2/b24-22+. The van der Waals surface area contributed by atoms with E-state index in [1.807, 2.05) is 12.1 Å². The van der Waals surface area contributed by atoms with Crippen LogP contribution in [0.25, 0.3) is 16.7 Å². The molecule has 1 aliphatic rings. The van der Waals surface area contributed by atoms with Gasteiger partial charge >= 0.3 is 0 Å². The summed E-state index contributed by atoms with van der Waals surface area (Å²) in [6.07, 6.45) is 1.55. The summed E-state index contributed by atoms with van der Waals surface area (Å²) in [5, 5.41) is 11.9. The summed E-state index contributed by atoms with van der Waals surface area (Å²) in [6, 6.07) is 17.3. The number of hydrogen-bond donors (Lipinski definition) is 2. The van der Waals surface area contributed by atoms with Crippen molar-refractivity contribution in [2.75, 3.05) is 0 Å². The van der Waals surface area contributed by atoms with Crippen LogP contribution in [-0.2, 0) is 16.1 Å². The van der Waals surface area contributed by atoms with E-state index >= 15 is 0 Å². The van der Waals surface area contributed by atoms with Crippen molar-refractivity contribution in [2.24, 2.45) is 0 Å². The number of para-hydroxylation sites is 1. The second-order valence-electron chi connectivity index (χ2n) is 7.82. The number of halogens is 2. The lowest BCUT2D eigenvalue weighted by molar-refractivity contribution is -0.140. The third-order valence-electron chi connectivity index (χ3n) is 5.85. The minimum atomic E-state index is -1.15. The fourth-order valence-corrected chi connectivity index (χ4v) is 4.26. The summed E-state index contributed by atoms with van der Waals surface area (Å²) in [5.74, 6) is -3.22. The molecule has 3 aromatic carbocycles. The van der Waals surface area contributed by atoms with Gasteiger partial charge in [0.05, 0.1) is 11.6 Å². The highest BCUT2D eigenvalue weighted by molar-refractivity contribution is 6.46. The largest absolute Gasteiger partial charge is 0.507 e. The zero-order valence-electron chi connectivity index (χ0n) is 17.3. The Kier molecular flexibility index (Phi) is 5.01. The number of rotatable bonds is 4. The number of benzene rings is 3. The van der Waals surface area contributed by atoms with Gasteiger partial charge in [-0.05, 0) is 29.8 Å². The molecular formula is C26H18F2N2O3. The molecule has 33 heavy (non-hydrogen) atoms. The Balaban J connectivity index is 1.69. The number of aliphatic hydroxyl groups is 1. The minimum Gasteiger partial charge on any atom is -0.507 e. The molecule has 2 heterocycles. The number of amides is 1. The quantitative estimate of drug-likeness (QED) is 0.262. The number of hydrogen-bond acceptors (Lipinski definition) is 3. The van der Waals surface area contributed by atoms with Gasteiger partial charge in [-0.1, -0.05) is 48.5 Å². The summed E-state index contributed by atoms with van der Waals surface area (Å²) < 4.78 is 28.2. The maximum Gasteiger partial charge on any atom is 0.295 e. The van der Waals surface area contributed by atoms with Gasteiger partial charge < -0.3 is 15.0 Å². The van der Waals surface area contributed by atoms with E-state index in [0.29, 0.717) is 16.5 Å². The number of aromatic nitrogens is 1. The van der Waals surface area contributed by atoms with Crippen LogP contribution >= 0.6 is 0 Å². The Morgan fingerprint density at radius 3 is 2.39 bits per heavy atom. The van der Waals surface area contributed by atoms with E-state index in [9.17, 15) is 23.5 Å². The molecule has 1 atom stereocenters. The van der Waals surface area contributed by atoms with Crippen molar-refractivity contribution in [3.63, 3.8) is 0 Å². The second kappa shape index (κ2) is 8.02. The van der Waals surface area contributed by atoms with Crippen molar-refractivity contribution in [1.29, 1.82) is 0 Å². The van der Waals surface area contributed by atoms with Crippen molar-refractivity contribution < 1.29 is 23.5 Å². The number of H-pyrrole nitrogens is 1. The van der Waals surface area contributed by atoms with Crippen molar-refractivity contribution in [3.8, 4) is 0 Å². The zero-order chi connectivity index (χ0) is 23.1. The van der Waals surface area contributed by atoms with Crippen LogP contribution < -0.4 is 0 Å². The third kappa shape index (κ3) is 3.47. The molecule has 0 bridgehead atoms. The number of carbonyl (C=O) groups is 2. The first-order valence-corrected chi connectivity index (χ1v) is 10.3. The molecule has 1 unspecified atom stereocenters. The monoisotopic (exact) mass is 444 g/mol. The summed E-state index contributed by atoms with van der Waals surface area (Å²) >= 11 is 0. The van der Waals surface area contributed by atoms with Crippen LogP contribution in [0.4, 0.5) is 8.78 Å². The lowest BCUT2D eigenvalue weighted by Gasteiger charge is -2.25. The molecule has 5 nitrogen and oxygen atoms in total. The number of ketones is 1. The molecule has 164 valence electrons. The van der Waals surface area contributed by atoms with Crippen molar-refractivity contribution >= 4 is 28.4 Å². The highest BCUT2D eigenvalue weighted by Gasteiger charge is 2.47. The summed E-state index contributed by atoms with van der Waals surface area (Å²) in [5.41, 5.74) is 1.53. The first-order chi connectivity index (χ1) is 16.0. The molecule has 0 aliphatic carbocycles. The normalized spacial score (nSPS) is 17.8. The topological polar surface area (TPSA) is 73.4 Å². The van der Waals surface area contributed by atoms with Crippen LogP contribution in [0, 0.1) is 11.6 Å². The zero-order valence-corrected chi connectivity index (χ0v) is 17.3. The highest BCUT2D eigenvalue weighted by atomic mass is 19.1. The predicted molar refractivity (Wildman–Crippen MR) is 119 cm³/mol. The number of Topliss-reactive ketones (excluding diaryl/α,β-unsaturated/α-hetero) is 1. The highest BCUT2D eigenvalue weighted by Crippen LogP contribution is 2.42. The summed E-state index contributed by atoms with van der Waals surface area (Å²) in [6.45, 7) is -0.0610. The van der Waals surface area contributed by atoms with Gasteiger partial charge in [-0.3, -0.25) is 9.59 Å². The van der Waals surface area contributed by atoms with Crippen LogP contribution in [0.5, 0.6) is 0 Å². The molecule has 1 aromatic heterocycles. The molecule has 4 aromatic rings. The Labute approximate surface area is 187 Å². The molecule has 5 rings (SSSR count). The molecule has 1 fully saturated rings. The number of fused-ring (bicyclic) bond motifs is 1. The number of carbonyl (C=O) groups excluding carboxylic acids is 2. The molecule has 2 N–H and O–H groups in total. The molecular weight excluding hydrogens is 426 g/mol. The van der Waals surface area contributed by atoms with E-state index in [0.717, 1.165) is 5.52 Å². The van der Waals surface area contributed by atoms with E-state index in [1.165, 1.54) is 47.4 Å². The third-order valence-corrected chi connectivity index (χ3v) is 5.85. The molecule has 0 saturated carbocycles. The predicted octanol–water partition coefficient (Wildman–Crippen LogP) is 5.07. The number of aromatic amines is 1. The first kappa shape index (κ1) is 20.6. The lowest BCUT2D eigenvalue weighted by Crippen LogP contribution is -2.29. The van der Waals surface area contributed by atoms with E-state index < -0.39 is 29.4 Å². The van der Waals surface area contributed by atoms with Crippen LogP contribution in [0.2, 0.25) is 0 Å². The molecule has 1 saturated heterocycles. The number of likely N-dealkylation sites (tertiary alicyclic amines) is 1. The average Bonchev–Trinajstić information content (AvgIpc) is 3.35. The fraction of sp³-hybridized carbons (Fsp3) is 0.0769. The maximum atomic E-state index is 14.9. The summed E-state index contributed by atoms with van der Waals surface area (Å²) in [7, 11) is 0. The number of aliphatic hydroxyl groups excluding tert-OH is 1. The van der Waals surface area contributed by atoms with Crippen molar-refractivity contribution in [1.82, 2.24) is 9.88 Å². The van der Waals surface area contributed by atoms with Gasteiger partial charge in [0.25, 0.3) is 11.7 Å². The van der Waals surface area contributed by atoms with Crippen LogP contribution in [0.1, 0.15) is 22.7 Å². The van der Waals surface area contributed by atoms with Crippen LogP contribution in [-0.4, -0.2) is 26.7 Å². The van der Waals surface area contributed by atoms with E-state index in [1.54, 1.807) is 24.4 Å². The molecule has 0 spiro atoms. The smallest absolute Gasteiger partial charge is 0.295 e. The fourth-order valence-electron chi connectivity index (χ4n) is 4.26. The molecule has 7 heteroatoms. The van der Waals surface area contributed by atoms with Gasteiger partial charge in [0.2, 0.25) is 0 Å². The SMILES string of the molecule is O=C1C(=O)N(Cc2ccc(F)cc2)C(c2ccccc2F)/C1=C(\O)c1c[nH]c2ccccc12. The van der Waals surface area contributed by atoms with E-state index in [-0.39, 0.29) is 23.4 Å². The first-order valence-electron chi connectivity index (χ1n) is 10.3. The average molecular weight is 444 g/mol. The minimum absolute atomic E-state index is 0.0610. The van der Waals surface area contributed by atoms with Crippen LogP contribution in [0.15, 0.2) is 84.6 Å². The number of nitrogens with zero attached hydrogens (tertiary/aromatic N) is 1. The van der Waals surface area contributed by atoms with Gasteiger partial charge in [-0.25, -0.2) is 8.78 Å². The van der Waals surface area contributed by atoms with Gasteiger partial charge in [-0.2, -0.15) is 0 Å². The Morgan fingerprint density at radius 1 is 0.939 bits per heavy atom. The van der Waals surface area contributed by atoms with Gasteiger partial charge in [0.15, 0.2) is 0 Å². The summed E-state index contributed by atoms with van der Waals surface area (Å²) in [4.78, 5) is 30.4. The molecule has 1 amide bonds. The van der Waals surface area contributed by atoms with Gasteiger partial charge in [-0.15, -0.1) is 0 Å². The Bertz CT molecular complexity index is 1420. The Morgan fingerprint density at radius 2 is 1.64 bits per heavy atom. The van der Waals surface area contributed by atoms with Gasteiger partial charge in [0.1, 0.15) is 17.4 Å². The number of nitrogens with one attached hydrogen (secondary N) is 1. The lowest BCUT2D eigenvalue weighted by atomic mass is 9.94. The molecule has 0 radical (unpaired) electrons. The van der Waals surface area contributed by atoms with Crippen LogP contribution in [0.3, 0.4) is 0 Å². The Hall–Kier alpha value is -4.26. The van der Waals surface area contributed by atoms with Gasteiger partial charge in [0, 0.05) is 34.8 Å². The van der Waals surface area contributed by atoms with E-state index in [4.69, 9.17) is 0 Å². The van der Waals surface area contributed by atoms with Crippen molar-refractivity contribution in [2.45, 2.75) is 12.6 Å². The molecule has 1 aliphatic heterocycles. The van der Waals surface area contributed by atoms with Crippen molar-refractivity contribution in [3.05, 3.63) is 113 Å². The maximum absolute atomic E-state index is 14.9. The second-order valence-corrected chi connectivity index (χ2v) is 7.82.